The van der Waals surface area contributed by atoms with E-state index in [0.717, 1.165) is 0 Å². The van der Waals surface area contributed by atoms with E-state index in [1.165, 1.54) is 0 Å². The second-order valence-corrected chi connectivity index (χ2v) is 2.70. The lowest BCUT2D eigenvalue weighted by Gasteiger charge is -2.17. The maximum Gasteiger partial charge on any atom is 0.523 e. The molecular formula is C9H10F3NO. The Labute approximate surface area is 79.5 Å². The van der Waals surface area contributed by atoms with Gasteiger partial charge in [0.15, 0.2) is 0 Å². The van der Waals surface area contributed by atoms with Gasteiger partial charge in [0.25, 0.3) is 0 Å². The molecule has 0 fully saturated rings. The van der Waals surface area contributed by atoms with Gasteiger partial charge < -0.3 is 5.73 Å². The smallest absolute Gasteiger partial charge is 0.328 e. The summed E-state index contributed by atoms with van der Waals surface area (Å²) in [5, 5.41) is 0. The third-order valence-electron chi connectivity index (χ3n) is 1.66. The fraction of sp³-hybridized carbons (Fsp3) is 0.333. The molecule has 0 aliphatic rings. The van der Waals surface area contributed by atoms with Crippen molar-refractivity contribution in [3.8, 4) is 0 Å². The van der Waals surface area contributed by atoms with E-state index in [-0.39, 0.29) is 6.54 Å². The van der Waals surface area contributed by atoms with E-state index in [9.17, 15) is 13.2 Å². The molecule has 0 saturated carbocycles. The standard InChI is InChI=1S/C9H10F3NO/c10-9(11,12)14-8(6-13)7-4-2-1-3-5-7/h1-5,8H,6,13H2. The van der Waals surface area contributed by atoms with Gasteiger partial charge in [-0.2, -0.15) is 0 Å². The van der Waals surface area contributed by atoms with Gasteiger partial charge in [-0.1, -0.05) is 30.3 Å². The SMILES string of the molecule is NCC(OC(F)(F)F)c1ccccc1. The van der Waals surface area contributed by atoms with Crippen LogP contribution in [0.1, 0.15) is 11.7 Å². The first-order valence-corrected chi connectivity index (χ1v) is 4.02. The molecule has 0 heterocycles. The Hall–Kier alpha value is -1.07. The second kappa shape index (κ2) is 4.43. The van der Waals surface area contributed by atoms with Crippen LogP contribution in [0.5, 0.6) is 0 Å². The highest BCUT2D eigenvalue weighted by molar-refractivity contribution is 5.17. The van der Waals surface area contributed by atoms with Crippen LogP contribution in [0, 0.1) is 0 Å². The van der Waals surface area contributed by atoms with Gasteiger partial charge in [-0.3, -0.25) is 4.74 Å². The Morgan fingerprint density at radius 1 is 1.21 bits per heavy atom. The molecule has 0 saturated heterocycles. The number of ether oxygens (including phenoxy) is 1. The minimum Gasteiger partial charge on any atom is -0.328 e. The van der Waals surface area contributed by atoms with Gasteiger partial charge in [0, 0.05) is 6.54 Å². The summed E-state index contributed by atoms with van der Waals surface area (Å²) in [6, 6.07) is 8.08. The maximum atomic E-state index is 11.9. The molecule has 1 atom stereocenters. The van der Waals surface area contributed by atoms with Crippen LogP contribution >= 0.6 is 0 Å². The number of benzene rings is 1. The quantitative estimate of drug-likeness (QED) is 0.821. The summed E-state index contributed by atoms with van der Waals surface area (Å²) in [5.41, 5.74) is 5.61. The van der Waals surface area contributed by atoms with E-state index in [2.05, 4.69) is 4.74 Å². The van der Waals surface area contributed by atoms with E-state index in [4.69, 9.17) is 5.73 Å². The summed E-state index contributed by atoms with van der Waals surface area (Å²) in [4.78, 5) is 0. The van der Waals surface area contributed by atoms with Gasteiger partial charge in [0.1, 0.15) is 6.10 Å². The molecule has 0 amide bonds. The van der Waals surface area contributed by atoms with Crippen molar-refractivity contribution in [2.75, 3.05) is 6.54 Å². The molecule has 14 heavy (non-hydrogen) atoms. The number of rotatable bonds is 3. The van der Waals surface area contributed by atoms with E-state index >= 15 is 0 Å². The van der Waals surface area contributed by atoms with Gasteiger partial charge in [-0.25, -0.2) is 0 Å². The van der Waals surface area contributed by atoms with Crippen molar-refractivity contribution in [3.63, 3.8) is 0 Å². The van der Waals surface area contributed by atoms with Crippen LogP contribution in [0.4, 0.5) is 13.2 Å². The monoisotopic (exact) mass is 205 g/mol. The van der Waals surface area contributed by atoms with Crippen molar-refractivity contribution in [3.05, 3.63) is 35.9 Å². The first kappa shape index (κ1) is 11.0. The number of hydrogen-bond donors (Lipinski definition) is 1. The van der Waals surface area contributed by atoms with Crippen molar-refractivity contribution in [2.24, 2.45) is 5.73 Å². The fourth-order valence-corrected chi connectivity index (χ4v) is 1.08. The average Bonchev–Trinajstić information content (AvgIpc) is 2.14. The zero-order valence-electron chi connectivity index (χ0n) is 7.29. The van der Waals surface area contributed by atoms with Crippen LogP contribution in [-0.4, -0.2) is 12.9 Å². The Bertz CT molecular complexity index is 273. The molecule has 0 spiro atoms. The van der Waals surface area contributed by atoms with Crippen LogP contribution < -0.4 is 5.73 Å². The molecule has 2 nitrogen and oxygen atoms in total. The Morgan fingerprint density at radius 3 is 2.21 bits per heavy atom. The summed E-state index contributed by atoms with van der Waals surface area (Å²) >= 11 is 0. The highest BCUT2D eigenvalue weighted by atomic mass is 19.4. The summed E-state index contributed by atoms with van der Waals surface area (Å²) < 4.78 is 39.5. The average molecular weight is 205 g/mol. The van der Waals surface area contributed by atoms with E-state index in [0.29, 0.717) is 5.56 Å². The lowest BCUT2D eigenvalue weighted by molar-refractivity contribution is -0.343. The van der Waals surface area contributed by atoms with Crippen LogP contribution in [-0.2, 0) is 4.74 Å². The highest BCUT2D eigenvalue weighted by Crippen LogP contribution is 2.26. The summed E-state index contributed by atoms with van der Waals surface area (Å²) in [5.74, 6) is 0. The minimum atomic E-state index is -4.65. The number of nitrogens with two attached hydrogens (primary N) is 1. The molecule has 0 aliphatic heterocycles. The molecule has 0 radical (unpaired) electrons. The van der Waals surface area contributed by atoms with E-state index < -0.39 is 12.5 Å². The predicted octanol–water partition coefficient (Wildman–Crippen LogP) is 2.22. The van der Waals surface area contributed by atoms with E-state index in [1.54, 1.807) is 30.3 Å². The molecule has 0 bridgehead atoms. The summed E-state index contributed by atoms with van der Waals surface area (Å²) in [7, 11) is 0. The number of alkyl halides is 3. The van der Waals surface area contributed by atoms with Crippen molar-refractivity contribution < 1.29 is 17.9 Å². The van der Waals surface area contributed by atoms with Gasteiger partial charge in [-0.05, 0) is 5.56 Å². The van der Waals surface area contributed by atoms with Gasteiger partial charge in [-0.15, -0.1) is 13.2 Å². The predicted molar refractivity (Wildman–Crippen MR) is 45.4 cm³/mol. The van der Waals surface area contributed by atoms with Crippen molar-refractivity contribution >= 4 is 0 Å². The topological polar surface area (TPSA) is 35.2 Å². The third-order valence-corrected chi connectivity index (χ3v) is 1.66. The molecule has 1 unspecified atom stereocenters. The van der Waals surface area contributed by atoms with Crippen LogP contribution in [0.15, 0.2) is 30.3 Å². The van der Waals surface area contributed by atoms with Crippen LogP contribution in [0.2, 0.25) is 0 Å². The van der Waals surface area contributed by atoms with Gasteiger partial charge in [0.2, 0.25) is 0 Å². The molecule has 1 aromatic carbocycles. The molecule has 2 N–H and O–H groups in total. The van der Waals surface area contributed by atoms with Crippen LogP contribution in [0.3, 0.4) is 0 Å². The second-order valence-electron chi connectivity index (χ2n) is 2.70. The van der Waals surface area contributed by atoms with Crippen LogP contribution in [0.25, 0.3) is 0 Å². The molecule has 0 aliphatic carbocycles. The third kappa shape index (κ3) is 3.35. The van der Waals surface area contributed by atoms with Gasteiger partial charge in [0.05, 0.1) is 0 Å². The Balaban J connectivity index is 2.73. The zero-order chi connectivity index (χ0) is 10.6. The number of hydrogen-bond acceptors (Lipinski definition) is 2. The lowest BCUT2D eigenvalue weighted by atomic mass is 10.1. The minimum absolute atomic E-state index is 0.205. The summed E-state index contributed by atoms with van der Waals surface area (Å²) in [6.45, 7) is -0.205. The normalized spacial score (nSPS) is 14.0. The van der Waals surface area contributed by atoms with E-state index in [1.807, 2.05) is 0 Å². The molecular weight excluding hydrogens is 195 g/mol. The Kier molecular flexibility index (Phi) is 3.49. The maximum absolute atomic E-state index is 11.9. The Morgan fingerprint density at radius 2 is 1.79 bits per heavy atom. The fourth-order valence-electron chi connectivity index (χ4n) is 1.08. The van der Waals surface area contributed by atoms with Gasteiger partial charge >= 0.3 is 6.36 Å². The zero-order valence-corrected chi connectivity index (χ0v) is 7.29. The number of halogens is 3. The lowest BCUT2D eigenvalue weighted by Crippen LogP contribution is -2.23. The van der Waals surface area contributed by atoms with Crippen molar-refractivity contribution in [2.45, 2.75) is 12.5 Å². The highest BCUT2D eigenvalue weighted by Gasteiger charge is 2.33. The van der Waals surface area contributed by atoms with Crippen molar-refractivity contribution in [1.29, 1.82) is 0 Å². The summed E-state index contributed by atoms with van der Waals surface area (Å²) in [6.07, 6.45) is -5.78. The molecule has 78 valence electrons. The molecule has 1 aromatic rings. The molecule has 0 aromatic heterocycles. The molecule has 5 heteroatoms. The first-order chi connectivity index (χ1) is 6.53. The largest absolute Gasteiger partial charge is 0.523 e. The first-order valence-electron chi connectivity index (χ1n) is 4.02. The molecule has 1 rings (SSSR count). The van der Waals surface area contributed by atoms with Crippen molar-refractivity contribution in [1.82, 2.24) is 0 Å².